The average molecular weight is 294 g/mol. The molecule has 0 spiro atoms. The second-order valence-electron chi connectivity index (χ2n) is 4.44. The molecule has 108 valence electrons. The zero-order valence-electron chi connectivity index (χ0n) is 11.3. The molecular weight excluding hydrogens is 276 g/mol. The Labute approximate surface area is 118 Å². The summed E-state index contributed by atoms with van der Waals surface area (Å²) in [7, 11) is -3.55. The maximum absolute atomic E-state index is 12.5. The topological polar surface area (TPSA) is 73.4 Å². The number of hydrogen-bond acceptors (Lipinski definition) is 3. The highest BCUT2D eigenvalue weighted by molar-refractivity contribution is 7.89. The fraction of sp³-hybridized carbons (Fsp3) is 0.286. The molecule has 0 aliphatic carbocycles. The lowest BCUT2D eigenvalue weighted by molar-refractivity contribution is 0.277. The molecule has 6 heteroatoms. The quantitative estimate of drug-likeness (QED) is 0.852. The van der Waals surface area contributed by atoms with Crippen molar-refractivity contribution in [2.45, 2.75) is 25.0 Å². The summed E-state index contributed by atoms with van der Waals surface area (Å²) in [5, 5.41) is 9.01. The Balaban J connectivity index is 2.25. The minimum atomic E-state index is -3.55. The van der Waals surface area contributed by atoms with Crippen LogP contribution in [0.2, 0.25) is 0 Å². The smallest absolute Gasteiger partial charge is 0.244 e. The van der Waals surface area contributed by atoms with Crippen LogP contribution < -0.4 is 0 Å². The SMILES string of the molecule is CCN(Cc1ccccc1)S(=O)(=O)c1c[nH]c(CO)c1. The number of aliphatic hydroxyl groups is 1. The van der Waals surface area contributed by atoms with E-state index < -0.39 is 10.0 Å². The minimum absolute atomic E-state index is 0.180. The van der Waals surface area contributed by atoms with Crippen molar-refractivity contribution in [3.63, 3.8) is 0 Å². The molecule has 0 bridgehead atoms. The van der Waals surface area contributed by atoms with Gasteiger partial charge in [0, 0.05) is 25.0 Å². The second-order valence-corrected chi connectivity index (χ2v) is 6.37. The van der Waals surface area contributed by atoms with Gasteiger partial charge in [0.05, 0.1) is 11.5 Å². The molecule has 0 atom stereocenters. The molecule has 0 aliphatic rings. The van der Waals surface area contributed by atoms with Gasteiger partial charge < -0.3 is 10.1 Å². The van der Waals surface area contributed by atoms with Gasteiger partial charge in [0.1, 0.15) is 0 Å². The van der Waals surface area contributed by atoms with Gasteiger partial charge >= 0.3 is 0 Å². The zero-order valence-corrected chi connectivity index (χ0v) is 12.1. The van der Waals surface area contributed by atoms with Crippen LogP contribution in [0, 0.1) is 0 Å². The molecule has 2 rings (SSSR count). The summed E-state index contributed by atoms with van der Waals surface area (Å²) >= 11 is 0. The number of hydrogen-bond donors (Lipinski definition) is 2. The van der Waals surface area contributed by atoms with E-state index in [0.29, 0.717) is 18.8 Å². The third-order valence-corrected chi connectivity index (χ3v) is 4.98. The van der Waals surface area contributed by atoms with Crippen molar-refractivity contribution in [3.05, 3.63) is 53.9 Å². The van der Waals surface area contributed by atoms with E-state index >= 15 is 0 Å². The molecule has 0 saturated heterocycles. The first-order valence-corrected chi connectivity index (χ1v) is 7.84. The summed E-state index contributed by atoms with van der Waals surface area (Å²) in [5.41, 5.74) is 1.43. The number of nitrogens with zero attached hydrogens (tertiary/aromatic N) is 1. The lowest BCUT2D eigenvalue weighted by atomic mass is 10.2. The Hall–Kier alpha value is -1.63. The van der Waals surface area contributed by atoms with Gasteiger partial charge in [-0.2, -0.15) is 4.31 Å². The molecule has 5 nitrogen and oxygen atoms in total. The van der Waals surface area contributed by atoms with Gasteiger partial charge in [0.25, 0.3) is 0 Å². The summed E-state index contributed by atoms with van der Waals surface area (Å²) in [6, 6.07) is 10.9. The highest BCUT2D eigenvalue weighted by Gasteiger charge is 2.24. The van der Waals surface area contributed by atoms with Crippen LogP contribution in [0.4, 0.5) is 0 Å². The van der Waals surface area contributed by atoms with Crippen molar-refractivity contribution in [1.82, 2.24) is 9.29 Å². The van der Waals surface area contributed by atoms with Crippen LogP contribution in [0.5, 0.6) is 0 Å². The predicted octanol–water partition coefficient (Wildman–Crippen LogP) is 1.72. The Kier molecular flexibility index (Phi) is 4.59. The number of aromatic nitrogens is 1. The van der Waals surface area contributed by atoms with Gasteiger partial charge in [0.15, 0.2) is 0 Å². The molecule has 0 fully saturated rings. The number of nitrogens with one attached hydrogen (secondary N) is 1. The Bertz CT molecular complexity index is 650. The fourth-order valence-corrected chi connectivity index (χ4v) is 3.42. The van der Waals surface area contributed by atoms with Crippen molar-refractivity contribution >= 4 is 10.0 Å². The summed E-state index contributed by atoms with van der Waals surface area (Å²) in [6.45, 7) is 2.32. The van der Waals surface area contributed by atoms with Gasteiger partial charge in [0.2, 0.25) is 10.0 Å². The minimum Gasteiger partial charge on any atom is -0.390 e. The highest BCUT2D eigenvalue weighted by Crippen LogP contribution is 2.19. The number of aliphatic hydroxyl groups excluding tert-OH is 1. The maximum atomic E-state index is 12.5. The number of aromatic amines is 1. The molecule has 2 aromatic rings. The molecule has 0 aliphatic heterocycles. The van der Waals surface area contributed by atoms with Crippen molar-refractivity contribution in [1.29, 1.82) is 0 Å². The number of benzene rings is 1. The number of H-pyrrole nitrogens is 1. The molecule has 0 amide bonds. The fourth-order valence-electron chi connectivity index (χ4n) is 1.96. The molecule has 20 heavy (non-hydrogen) atoms. The van der Waals surface area contributed by atoms with Crippen molar-refractivity contribution in [3.8, 4) is 0 Å². The molecule has 0 radical (unpaired) electrons. The molecule has 2 N–H and O–H groups in total. The predicted molar refractivity (Wildman–Crippen MR) is 76.4 cm³/mol. The van der Waals surface area contributed by atoms with Gasteiger partial charge in [-0.3, -0.25) is 0 Å². The van der Waals surface area contributed by atoms with Gasteiger partial charge in [-0.05, 0) is 11.6 Å². The Morgan fingerprint density at radius 1 is 1.25 bits per heavy atom. The molecule has 1 aromatic heterocycles. The maximum Gasteiger partial charge on any atom is 0.244 e. The van der Waals surface area contributed by atoms with Gasteiger partial charge in [-0.1, -0.05) is 37.3 Å². The zero-order chi connectivity index (χ0) is 14.6. The summed E-state index contributed by atoms with van der Waals surface area (Å²) in [5.74, 6) is 0. The Morgan fingerprint density at radius 3 is 2.50 bits per heavy atom. The summed E-state index contributed by atoms with van der Waals surface area (Å²) < 4.78 is 26.5. The molecule has 0 saturated carbocycles. The number of sulfonamides is 1. The monoisotopic (exact) mass is 294 g/mol. The summed E-state index contributed by atoms with van der Waals surface area (Å²) in [4.78, 5) is 2.93. The van der Waals surface area contributed by atoms with Crippen LogP contribution in [0.25, 0.3) is 0 Å². The highest BCUT2D eigenvalue weighted by atomic mass is 32.2. The van der Waals surface area contributed by atoms with Crippen molar-refractivity contribution in [2.24, 2.45) is 0 Å². The van der Waals surface area contributed by atoms with Crippen LogP contribution in [-0.4, -0.2) is 29.4 Å². The normalized spacial score (nSPS) is 11.9. The molecule has 1 aromatic carbocycles. The van der Waals surface area contributed by atoms with Crippen LogP contribution in [0.1, 0.15) is 18.2 Å². The lowest BCUT2D eigenvalue weighted by Crippen LogP contribution is -2.30. The second kappa shape index (κ2) is 6.21. The van der Waals surface area contributed by atoms with Crippen molar-refractivity contribution < 1.29 is 13.5 Å². The largest absolute Gasteiger partial charge is 0.390 e. The lowest BCUT2D eigenvalue weighted by Gasteiger charge is -2.19. The van der Waals surface area contributed by atoms with E-state index in [9.17, 15) is 8.42 Å². The molecule has 1 heterocycles. The average Bonchev–Trinajstić information content (AvgIpc) is 2.95. The standard InChI is InChI=1S/C14H18N2O3S/c1-2-16(10-12-6-4-3-5-7-12)20(18,19)14-8-13(11-17)15-9-14/h3-9,15,17H,2,10-11H2,1H3. The van der Waals surface area contributed by atoms with Gasteiger partial charge in [-0.15, -0.1) is 0 Å². The van der Waals surface area contributed by atoms with E-state index in [1.807, 2.05) is 30.3 Å². The first kappa shape index (κ1) is 14.8. The van der Waals surface area contributed by atoms with Crippen LogP contribution in [-0.2, 0) is 23.2 Å². The first-order valence-electron chi connectivity index (χ1n) is 6.40. The summed E-state index contributed by atoms with van der Waals surface area (Å²) in [6.07, 6.45) is 1.41. The Morgan fingerprint density at radius 2 is 1.95 bits per heavy atom. The van der Waals surface area contributed by atoms with Crippen molar-refractivity contribution in [2.75, 3.05) is 6.54 Å². The van der Waals surface area contributed by atoms with Crippen LogP contribution in [0.3, 0.4) is 0 Å². The van der Waals surface area contributed by atoms with E-state index in [-0.39, 0.29) is 11.5 Å². The van der Waals surface area contributed by atoms with Crippen LogP contribution >= 0.6 is 0 Å². The van der Waals surface area contributed by atoms with E-state index in [1.165, 1.54) is 16.6 Å². The molecule has 0 unspecified atom stereocenters. The van der Waals surface area contributed by atoms with E-state index in [4.69, 9.17) is 5.11 Å². The van der Waals surface area contributed by atoms with E-state index in [0.717, 1.165) is 5.56 Å². The third kappa shape index (κ3) is 3.09. The first-order chi connectivity index (χ1) is 9.57. The van der Waals surface area contributed by atoms with Gasteiger partial charge in [-0.25, -0.2) is 8.42 Å². The van der Waals surface area contributed by atoms with Crippen LogP contribution in [0.15, 0.2) is 47.5 Å². The third-order valence-electron chi connectivity index (χ3n) is 3.08. The number of rotatable bonds is 6. The van der Waals surface area contributed by atoms with E-state index in [1.54, 1.807) is 6.92 Å². The van der Waals surface area contributed by atoms with E-state index in [2.05, 4.69) is 4.98 Å². The molecular formula is C14H18N2O3S.